The summed E-state index contributed by atoms with van der Waals surface area (Å²) in [4.78, 5) is 7.01. The number of anilines is 1. The van der Waals surface area contributed by atoms with Crippen LogP contribution in [-0.2, 0) is 6.54 Å². The molecule has 1 atom stereocenters. The van der Waals surface area contributed by atoms with Crippen LogP contribution in [0.2, 0.25) is 5.02 Å². The van der Waals surface area contributed by atoms with Gasteiger partial charge in [0.05, 0.1) is 12.2 Å². The zero-order valence-electron chi connectivity index (χ0n) is 14.8. The summed E-state index contributed by atoms with van der Waals surface area (Å²) in [5.74, 6) is 1.60. The van der Waals surface area contributed by atoms with Crippen molar-refractivity contribution in [1.82, 2.24) is 9.88 Å². The number of hydrogen-bond donors (Lipinski definition) is 1. The molecule has 2 heterocycles. The third-order valence-corrected chi connectivity index (χ3v) is 4.98. The lowest BCUT2D eigenvalue weighted by Crippen LogP contribution is -2.26. The number of rotatable bonds is 5. The van der Waals surface area contributed by atoms with Crippen molar-refractivity contribution in [3.63, 3.8) is 0 Å². The Morgan fingerprint density at radius 1 is 1.15 bits per heavy atom. The zero-order chi connectivity index (χ0) is 17.9. The van der Waals surface area contributed by atoms with Gasteiger partial charge >= 0.3 is 0 Å². The van der Waals surface area contributed by atoms with E-state index < -0.39 is 0 Å². The summed E-state index contributed by atoms with van der Waals surface area (Å²) in [6.45, 7) is 4.76. The van der Waals surface area contributed by atoms with Crippen molar-refractivity contribution in [3.8, 4) is 11.3 Å². The van der Waals surface area contributed by atoms with Crippen LogP contribution in [0.3, 0.4) is 0 Å². The van der Waals surface area contributed by atoms with Gasteiger partial charge in [-0.15, -0.1) is 0 Å². The smallest absolute Gasteiger partial charge is 0.209 e. The summed E-state index contributed by atoms with van der Waals surface area (Å²) in [6, 6.07) is 18.5. The van der Waals surface area contributed by atoms with E-state index in [9.17, 15) is 0 Å². The van der Waals surface area contributed by atoms with Gasteiger partial charge in [-0.1, -0.05) is 29.8 Å². The van der Waals surface area contributed by atoms with Gasteiger partial charge < -0.3 is 9.73 Å². The summed E-state index contributed by atoms with van der Waals surface area (Å²) in [7, 11) is 0. The monoisotopic (exact) mass is 367 g/mol. The SMILES string of the molecule is Cc1nc(CN2CC[C@H](Nc3ccccc3)C2)oc1-c1ccc(Cl)cc1. The molecule has 134 valence electrons. The van der Waals surface area contributed by atoms with Crippen LogP contribution >= 0.6 is 11.6 Å². The minimum atomic E-state index is 0.462. The van der Waals surface area contributed by atoms with Gasteiger partial charge in [-0.2, -0.15) is 0 Å². The molecule has 0 bridgehead atoms. The number of para-hydroxylation sites is 1. The van der Waals surface area contributed by atoms with Crippen molar-refractivity contribution >= 4 is 17.3 Å². The Morgan fingerprint density at radius 3 is 2.69 bits per heavy atom. The molecule has 2 aromatic carbocycles. The van der Waals surface area contributed by atoms with Crippen LogP contribution in [0, 0.1) is 6.92 Å². The highest BCUT2D eigenvalue weighted by molar-refractivity contribution is 6.30. The fourth-order valence-corrected chi connectivity index (χ4v) is 3.57. The number of benzene rings is 2. The second kappa shape index (κ2) is 7.52. The van der Waals surface area contributed by atoms with Crippen molar-refractivity contribution in [1.29, 1.82) is 0 Å². The molecule has 1 saturated heterocycles. The quantitative estimate of drug-likeness (QED) is 0.689. The molecular formula is C21H22ClN3O. The number of nitrogens with zero attached hydrogens (tertiary/aromatic N) is 2. The molecule has 0 spiro atoms. The molecular weight excluding hydrogens is 346 g/mol. The van der Waals surface area contributed by atoms with Gasteiger partial charge in [0.15, 0.2) is 5.76 Å². The van der Waals surface area contributed by atoms with Gasteiger partial charge in [0.2, 0.25) is 5.89 Å². The van der Waals surface area contributed by atoms with Crippen LogP contribution < -0.4 is 5.32 Å². The molecule has 0 radical (unpaired) electrons. The fraction of sp³-hybridized carbons (Fsp3) is 0.286. The van der Waals surface area contributed by atoms with Gasteiger partial charge in [0.25, 0.3) is 0 Å². The molecule has 4 rings (SSSR count). The van der Waals surface area contributed by atoms with Crippen LogP contribution in [0.4, 0.5) is 5.69 Å². The average molecular weight is 368 g/mol. The Kier molecular flexibility index (Phi) is 4.96. The number of oxazole rings is 1. The number of aryl methyl sites for hydroxylation is 1. The van der Waals surface area contributed by atoms with Crippen molar-refractivity contribution in [2.75, 3.05) is 18.4 Å². The van der Waals surface area contributed by atoms with E-state index >= 15 is 0 Å². The summed E-state index contributed by atoms with van der Waals surface area (Å²) in [6.07, 6.45) is 1.12. The Hall–Kier alpha value is -2.30. The van der Waals surface area contributed by atoms with E-state index in [1.54, 1.807) is 0 Å². The van der Waals surface area contributed by atoms with Crippen molar-refractivity contribution in [3.05, 3.63) is 71.2 Å². The molecule has 0 unspecified atom stereocenters. The molecule has 1 N–H and O–H groups in total. The molecule has 1 fully saturated rings. The molecule has 0 aliphatic carbocycles. The summed E-state index contributed by atoms with van der Waals surface area (Å²) < 4.78 is 6.04. The Morgan fingerprint density at radius 2 is 1.92 bits per heavy atom. The number of aromatic nitrogens is 1. The van der Waals surface area contributed by atoms with Crippen molar-refractivity contribution < 1.29 is 4.42 Å². The predicted molar refractivity (Wildman–Crippen MR) is 105 cm³/mol. The maximum Gasteiger partial charge on any atom is 0.209 e. The third-order valence-electron chi connectivity index (χ3n) is 4.72. The normalized spacial score (nSPS) is 17.5. The summed E-state index contributed by atoms with van der Waals surface area (Å²) in [5, 5.41) is 4.32. The molecule has 1 aliphatic heterocycles. The standard InChI is InChI=1S/C21H22ClN3O/c1-15-21(16-7-9-17(22)10-8-16)26-20(23-15)14-25-12-11-19(13-25)24-18-5-3-2-4-6-18/h2-10,19,24H,11-14H2,1H3/t19-/m0/s1. The number of halogens is 1. The highest BCUT2D eigenvalue weighted by Crippen LogP contribution is 2.27. The van der Waals surface area contributed by atoms with Crippen LogP contribution in [0.25, 0.3) is 11.3 Å². The van der Waals surface area contributed by atoms with E-state index in [1.807, 2.05) is 37.3 Å². The molecule has 0 amide bonds. The summed E-state index contributed by atoms with van der Waals surface area (Å²) in [5.41, 5.74) is 3.10. The Balaban J connectivity index is 1.39. The van der Waals surface area contributed by atoms with E-state index in [2.05, 4.69) is 39.5 Å². The minimum absolute atomic E-state index is 0.462. The van der Waals surface area contributed by atoms with Gasteiger partial charge in [-0.05, 0) is 49.7 Å². The highest BCUT2D eigenvalue weighted by Gasteiger charge is 2.24. The predicted octanol–water partition coefficient (Wildman–Crippen LogP) is 4.99. The lowest BCUT2D eigenvalue weighted by Gasteiger charge is -2.16. The van der Waals surface area contributed by atoms with E-state index in [4.69, 9.17) is 16.0 Å². The first-order valence-corrected chi connectivity index (χ1v) is 9.31. The first-order valence-electron chi connectivity index (χ1n) is 8.93. The average Bonchev–Trinajstić information content (AvgIpc) is 3.23. The van der Waals surface area contributed by atoms with E-state index in [0.29, 0.717) is 6.04 Å². The minimum Gasteiger partial charge on any atom is -0.439 e. The van der Waals surface area contributed by atoms with Crippen LogP contribution in [0.15, 0.2) is 59.0 Å². The first-order chi connectivity index (χ1) is 12.7. The first kappa shape index (κ1) is 17.1. The van der Waals surface area contributed by atoms with E-state index in [-0.39, 0.29) is 0 Å². The zero-order valence-corrected chi connectivity index (χ0v) is 15.5. The molecule has 0 saturated carbocycles. The van der Waals surface area contributed by atoms with Gasteiger partial charge in [-0.3, -0.25) is 4.90 Å². The number of hydrogen-bond acceptors (Lipinski definition) is 4. The van der Waals surface area contributed by atoms with Crippen LogP contribution in [0.5, 0.6) is 0 Å². The second-order valence-electron chi connectivity index (χ2n) is 6.76. The molecule has 3 aromatic rings. The fourth-order valence-electron chi connectivity index (χ4n) is 3.44. The van der Waals surface area contributed by atoms with Gasteiger partial charge in [-0.25, -0.2) is 4.98 Å². The van der Waals surface area contributed by atoms with E-state index in [1.165, 1.54) is 5.69 Å². The molecule has 5 heteroatoms. The lowest BCUT2D eigenvalue weighted by molar-refractivity contribution is 0.290. The molecule has 1 aliphatic rings. The summed E-state index contributed by atoms with van der Waals surface area (Å²) >= 11 is 5.97. The van der Waals surface area contributed by atoms with Gasteiger partial charge in [0, 0.05) is 35.4 Å². The van der Waals surface area contributed by atoms with Crippen molar-refractivity contribution in [2.24, 2.45) is 0 Å². The second-order valence-corrected chi connectivity index (χ2v) is 7.20. The number of nitrogens with one attached hydrogen (secondary N) is 1. The topological polar surface area (TPSA) is 41.3 Å². The Bertz CT molecular complexity index is 861. The largest absolute Gasteiger partial charge is 0.439 e. The lowest BCUT2D eigenvalue weighted by atomic mass is 10.1. The van der Waals surface area contributed by atoms with Crippen LogP contribution in [-0.4, -0.2) is 29.0 Å². The van der Waals surface area contributed by atoms with Crippen LogP contribution in [0.1, 0.15) is 18.0 Å². The van der Waals surface area contributed by atoms with Crippen molar-refractivity contribution in [2.45, 2.75) is 25.9 Å². The maximum absolute atomic E-state index is 6.04. The maximum atomic E-state index is 6.04. The number of likely N-dealkylation sites (tertiary alicyclic amines) is 1. The highest BCUT2D eigenvalue weighted by atomic mass is 35.5. The molecule has 26 heavy (non-hydrogen) atoms. The molecule has 4 nitrogen and oxygen atoms in total. The molecule has 1 aromatic heterocycles. The van der Waals surface area contributed by atoms with E-state index in [0.717, 1.165) is 54.0 Å². The van der Waals surface area contributed by atoms with Gasteiger partial charge in [0.1, 0.15) is 0 Å². The Labute approximate surface area is 158 Å². The third kappa shape index (κ3) is 3.92.